The van der Waals surface area contributed by atoms with Gasteiger partial charge < -0.3 is 5.11 Å². The fraction of sp³-hybridized carbons (Fsp3) is 0.0909. The summed E-state index contributed by atoms with van der Waals surface area (Å²) < 4.78 is 0. The van der Waals surface area contributed by atoms with Gasteiger partial charge in [0.05, 0.1) is 6.10 Å². The first-order valence-corrected chi connectivity index (χ1v) is 3.70. The van der Waals surface area contributed by atoms with Gasteiger partial charge in [-0.3, -0.25) is 0 Å². The Morgan fingerprint density at radius 1 is 1.33 bits per heavy atom. The number of terminal acetylenes is 1. The molecule has 0 aliphatic heterocycles. The third kappa shape index (κ3) is 2.26. The van der Waals surface area contributed by atoms with Gasteiger partial charge in [-0.15, -0.1) is 6.42 Å². The summed E-state index contributed by atoms with van der Waals surface area (Å²) in [6.45, 7) is 0. The maximum atomic E-state index is 9.47. The van der Waals surface area contributed by atoms with E-state index in [1.807, 2.05) is 30.3 Å². The Morgan fingerprint density at radius 2 is 2.00 bits per heavy atom. The van der Waals surface area contributed by atoms with Gasteiger partial charge in [0.1, 0.15) is 0 Å². The number of benzene rings is 1. The van der Waals surface area contributed by atoms with Crippen LogP contribution in [0.5, 0.6) is 0 Å². The summed E-state index contributed by atoms with van der Waals surface area (Å²) in [5.74, 6) is 2.33. The topological polar surface area (TPSA) is 20.2 Å². The maximum Gasteiger partial charge on any atom is 0.0980 e. The Hall–Kier alpha value is -1.52. The largest absolute Gasteiger partial charge is 0.384 e. The molecule has 1 aromatic carbocycles. The van der Waals surface area contributed by atoms with E-state index in [0.717, 1.165) is 5.56 Å². The summed E-state index contributed by atoms with van der Waals surface area (Å²) >= 11 is 0. The number of hydrogen-bond acceptors (Lipinski definition) is 1. The van der Waals surface area contributed by atoms with Crippen molar-refractivity contribution in [2.45, 2.75) is 6.10 Å². The number of aliphatic hydroxyl groups is 1. The van der Waals surface area contributed by atoms with E-state index in [1.165, 1.54) is 6.08 Å². The minimum Gasteiger partial charge on any atom is -0.384 e. The molecule has 1 heteroatoms. The molecule has 1 N–H and O–H groups in total. The molecule has 0 saturated carbocycles. The number of allylic oxidation sites excluding steroid dienone is 1. The maximum absolute atomic E-state index is 9.47. The van der Waals surface area contributed by atoms with Crippen LogP contribution in [0.2, 0.25) is 0 Å². The van der Waals surface area contributed by atoms with Crippen molar-refractivity contribution < 1.29 is 5.11 Å². The zero-order chi connectivity index (χ0) is 8.81. The summed E-state index contributed by atoms with van der Waals surface area (Å²) in [6.07, 6.45) is 7.49. The molecule has 0 unspecified atom stereocenters. The van der Waals surface area contributed by atoms with Gasteiger partial charge in [0.25, 0.3) is 0 Å². The van der Waals surface area contributed by atoms with Crippen molar-refractivity contribution in [3.63, 3.8) is 0 Å². The Kier molecular flexibility index (Phi) is 3.13. The molecule has 0 aromatic heterocycles. The molecule has 0 saturated heterocycles. The molecule has 1 atom stereocenters. The van der Waals surface area contributed by atoms with E-state index < -0.39 is 6.10 Å². The lowest BCUT2D eigenvalue weighted by Crippen LogP contribution is -1.91. The SMILES string of the molecule is C#C/C=C/[C@@H](O)c1ccccc1. The van der Waals surface area contributed by atoms with E-state index in [1.54, 1.807) is 6.08 Å². The molecule has 12 heavy (non-hydrogen) atoms. The number of aliphatic hydroxyl groups excluding tert-OH is 1. The zero-order valence-corrected chi connectivity index (χ0v) is 6.64. The Balaban J connectivity index is 2.73. The molecule has 1 nitrogen and oxygen atoms in total. The fourth-order valence-corrected chi connectivity index (χ4v) is 0.908. The highest BCUT2D eigenvalue weighted by Gasteiger charge is 1.99. The van der Waals surface area contributed by atoms with Gasteiger partial charge in [-0.2, -0.15) is 0 Å². The quantitative estimate of drug-likeness (QED) is 0.652. The van der Waals surface area contributed by atoms with Crippen LogP contribution in [0.3, 0.4) is 0 Å². The average molecular weight is 158 g/mol. The molecule has 0 aliphatic rings. The molecule has 0 heterocycles. The van der Waals surface area contributed by atoms with E-state index in [2.05, 4.69) is 5.92 Å². The van der Waals surface area contributed by atoms with Crippen molar-refractivity contribution in [3.8, 4) is 12.3 Å². The molecule has 60 valence electrons. The van der Waals surface area contributed by atoms with Crippen molar-refractivity contribution in [2.24, 2.45) is 0 Å². The van der Waals surface area contributed by atoms with Gasteiger partial charge in [-0.1, -0.05) is 36.3 Å². The predicted molar refractivity (Wildman–Crippen MR) is 49.4 cm³/mol. The molecule has 1 aromatic rings. The van der Waals surface area contributed by atoms with Crippen LogP contribution >= 0.6 is 0 Å². The van der Waals surface area contributed by atoms with Crippen LogP contribution in [0.4, 0.5) is 0 Å². The summed E-state index contributed by atoms with van der Waals surface area (Å²) in [5.41, 5.74) is 0.851. The van der Waals surface area contributed by atoms with Gasteiger partial charge >= 0.3 is 0 Å². The van der Waals surface area contributed by atoms with Crippen LogP contribution in [0.1, 0.15) is 11.7 Å². The van der Waals surface area contributed by atoms with Crippen molar-refractivity contribution in [3.05, 3.63) is 48.0 Å². The van der Waals surface area contributed by atoms with Gasteiger partial charge in [-0.25, -0.2) is 0 Å². The minimum atomic E-state index is -0.595. The van der Waals surface area contributed by atoms with Crippen LogP contribution in [-0.4, -0.2) is 5.11 Å². The lowest BCUT2D eigenvalue weighted by atomic mass is 10.1. The molecule has 0 aliphatic carbocycles. The van der Waals surface area contributed by atoms with E-state index >= 15 is 0 Å². The predicted octanol–water partition coefficient (Wildman–Crippen LogP) is 1.91. The van der Waals surface area contributed by atoms with E-state index in [4.69, 9.17) is 6.42 Å². The number of rotatable bonds is 2. The average Bonchev–Trinajstić information content (AvgIpc) is 2.15. The van der Waals surface area contributed by atoms with Crippen LogP contribution in [-0.2, 0) is 0 Å². The zero-order valence-electron chi connectivity index (χ0n) is 6.64. The van der Waals surface area contributed by atoms with Gasteiger partial charge in [0.15, 0.2) is 0 Å². The lowest BCUT2D eigenvalue weighted by Gasteiger charge is -2.03. The number of hydrogen-bond donors (Lipinski definition) is 1. The molecule has 0 bridgehead atoms. The molecule has 0 fully saturated rings. The van der Waals surface area contributed by atoms with E-state index in [0.29, 0.717) is 0 Å². The second-order valence-corrected chi connectivity index (χ2v) is 2.38. The van der Waals surface area contributed by atoms with Crippen LogP contribution in [0, 0.1) is 12.3 Å². The molecular weight excluding hydrogens is 148 g/mol. The Labute approximate surface area is 72.4 Å². The highest BCUT2D eigenvalue weighted by Crippen LogP contribution is 2.12. The molecular formula is C11H10O. The van der Waals surface area contributed by atoms with Crippen molar-refractivity contribution in [1.29, 1.82) is 0 Å². The second kappa shape index (κ2) is 4.38. The Morgan fingerprint density at radius 3 is 2.58 bits per heavy atom. The smallest absolute Gasteiger partial charge is 0.0980 e. The first-order chi connectivity index (χ1) is 5.84. The van der Waals surface area contributed by atoms with E-state index in [-0.39, 0.29) is 0 Å². The third-order valence-corrected chi connectivity index (χ3v) is 1.52. The van der Waals surface area contributed by atoms with Gasteiger partial charge in [-0.05, 0) is 17.7 Å². The second-order valence-electron chi connectivity index (χ2n) is 2.38. The lowest BCUT2D eigenvalue weighted by molar-refractivity contribution is 0.229. The summed E-state index contributed by atoms with van der Waals surface area (Å²) in [7, 11) is 0. The van der Waals surface area contributed by atoms with Gasteiger partial charge in [0, 0.05) is 0 Å². The third-order valence-electron chi connectivity index (χ3n) is 1.52. The molecule has 1 rings (SSSR count). The molecule has 0 spiro atoms. The first-order valence-electron chi connectivity index (χ1n) is 3.70. The summed E-state index contributed by atoms with van der Waals surface area (Å²) in [5, 5.41) is 9.47. The highest BCUT2D eigenvalue weighted by molar-refractivity contribution is 5.23. The Bertz CT molecular complexity index is 293. The normalized spacial score (nSPS) is 12.7. The minimum absolute atomic E-state index is 0.595. The van der Waals surface area contributed by atoms with Crippen LogP contribution in [0.15, 0.2) is 42.5 Å². The van der Waals surface area contributed by atoms with Crippen molar-refractivity contribution in [2.75, 3.05) is 0 Å². The monoisotopic (exact) mass is 158 g/mol. The first kappa shape index (κ1) is 8.58. The van der Waals surface area contributed by atoms with Crippen LogP contribution < -0.4 is 0 Å². The van der Waals surface area contributed by atoms with E-state index in [9.17, 15) is 5.11 Å². The van der Waals surface area contributed by atoms with Crippen molar-refractivity contribution >= 4 is 0 Å². The fourth-order valence-electron chi connectivity index (χ4n) is 0.908. The summed E-state index contributed by atoms with van der Waals surface area (Å²) in [4.78, 5) is 0. The van der Waals surface area contributed by atoms with Gasteiger partial charge in [0.2, 0.25) is 0 Å². The van der Waals surface area contributed by atoms with Crippen LogP contribution in [0.25, 0.3) is 0 Å². The summed E-state index contributed by atoms with van der Waals surface area (Å²) in [6, 6.07) is 9.36. The standard InChI is InChI=1S/C11H10O/c1-2-3-9-11(12)10-7-5-4-6-8-10/h1,3-9,11-12H/b9-3+/t11-/m1/s1. The highest BCUT2D eigenvalue weighted by atomic mass is 16.3. The molecule has 0 amide bonds. The molecule has 0 radical (unpaired) electrons. The van der Waals surface area contributed by atoms with Crippen molar-refractivity contribution in [1.82, 2.24) is 0 Å².